The average Bonchev–Trinajstić information content (AvgIpc) is 3.31. The van der Waals surface area contributed by atoms with Crippen LogP contribution in [0.25, 0.3) is 0 Å². The van der Waals surface area contributed by atoms with Gasteiger partial charge in [-0.3, -0.25) is 4.79 Å². The first-order valence-electron chi connectivity index (χ1n) is 13.7. The van der Waals surface area contributed by atoms with Crippen molar-refractivity contribution in [2.24, 2.45) is 0 Å². The molecule has 5 N–H and O–H groups in total. The van der Waals surface area contributed by atoms with E-state index in [0.29, 0.717) is 23.5 Å². The van der Waals surface area contributed by atoms with Gasteiger partial charge in [0, 0.05) is 36.7 Å². The van der Waals surface area contributed by atoms with Crippen LogP contribution in [-0.2, 0) is 16.1 Å². The number of aromatic nitrogens is 1. The molecule has 20 heteroatoms. The van der Waals surface area contributed by atoms with Gasteiger partial charge in [0.15, 0.2) is 11.5 Å². The third kappa shape index (κ3) is 14.1. The average molecular weight is 712 g/mol. The minimum absolute atomic E-state index is 0.0843. The lowest BCUT2D eigenvalue weighted by molar-refractivity contribution is -0.286. The Bertz CT molecular complexity index is 1560. The molecule has 0 fully saturated rings. The molecule has 0 unspecified atom stereocenters. The van der Waals surface area contributed by atoms with Gasteiger partial charge in [0.2, 0.25) is 0 Å². The zero-order chi connectivity index (χ0) is 37.0. The van der Waals surface area contributed by atoms with Gasteiger partial charge in [-0.25, -0.2) is 14.6 Å². The number of pyridine rings is 1. The Morgan fingerprint density at radius 3 is 2.04 bits per heavy atom. The zero-order valence-electron chi connectivity index (χ0n) is 25.5. The molecule has 0 radical (unpaired) electrons. The van der Waals surface area contributed by atoms with Gasteiger partial charge in [0.05, 0.1) is 5.56 Å². The summed E-state index contributed by atoms with van der Waals surface area (Å²) in [5, 5.41) is 23.6. The molecule has 3 aromatic rings. The van der Waals surface area contributed by atoms with Crippen molar-refractivity contribution in [1.29, 1.82) is 0 Å². The van der Waals surface area contributed by atoms with Crippen LogP contribution in [0.1, 0.15) is 22.3 Å². The summed E-state index contributed by atoms with van der Waals surface area (Å²) in [5.74, 6) is -5.33. The molecule has 49 heavy (non-hydrogen) atoms. The number of aliphatic carboxylic acids is 2. The van der Waals surface area contributed by atoms with Crippen LogP contribution in [0.15, 0.2) is 60.8 Å². The van der Waals surface area contributed by atoms with Crippen LogP contribution in [0.2, 0.25) is 0 Å². The van der Waals surface area contributed by atoms with Crippen molar-refractivity contribution < 1.29 is 69.2 Å². The number of ether oxygens (including phenoxy) is 2. The number of nitrogens with zero attached hydrogens (tertiary/aromatic N) is 2. The van der Waals surface area contributed by atoms with Crippen molar-refractivity contribution >= 4 is 35.0 Å². The van der Waals surface area contributed by atoms with E-state index < -0.39 is 36.5 Å². The molecule has 4 rings (SSSR count). The van der Waals surface area contributed by atoms with Crippen LogP contribution in [0.5, 0.6) is 11.5 Å². The summed E-state index contributed by atoms with van der Waals surface area (Å²) in [4.78, 5) is 37.2. The molecule has 1 aromatic heterocycles. The number of carbonyl (C=O) groups is 3. The van der Waals surface area contributed by atoms with Gasteiger partial charge >= 0.3 is 30.6 Å². The normalized spacial score (nSPS) is 12.9. The lowest BCUT2D eigenvalue weighted by Gasteiger charge is -2.13. The number of para-hydroxylation sites is 1. The molecular formula is C29H29F8N5O7. The molecular weight excluding hydrogens is 682 g/mol. The predicted octanol–water partition coefficient (Wildman–Crippen LogP) is 5.90. The van der Waals surface area contributed by atoms with Crippen molar-refractivity contribution in [3.05, 3.63) is 71.9 Å². The van der Waals surface area contributed by atoms with Gasteiger partial charge in [0.25, 0.3) is 5.91 Å². The number of hydrogen-bond acceptors (Lipinski definition) is 9. The largest absolute Gasteiger partial charge is 0.586 e. The van der Waals surface area contributed by atoms with Crippen molar-refractivity contribution in [2.75, 3.05) is 43.1 Å². The van der Waals surface area contributed by atoms with E-state index in [1.807, 2.05) is 32.3 Å². The second kappa shape index (κ2) is 17.1. The highest BCUT2D eigenvalue weighted by molar-refractivity contribution is 6.08. The number of fused-ring (bicyclic) bond motifs is 1. The van der Waals surface area contributed by atoms with Crippen molar-refractivity contribution in [1.82, 2.24) is 9.88 Å². The molecule has 2 aromatic carbocycles. The minimum Gasteiger partial charge on any atom is -0.475 e. The first-order chi connectivity index (χ1) is 22.7. The summed E-state index contributed by atoms with van der Waals surface area (Å²) >= 11 is 0. The van der Waals surface area contributed by atoms with Crippen LogP contribution in [-0.4, -0.2) is 83.8 Å². The predicted molar refractivity (Wildman–Crippen MR) is 158 cm³/mol. The number of hydrogen-bond donors (Lipinski definition) is 5. The third-order valence-corrected chi connectivity index (χ3v) is 5.71. The highest BCUT2D eigenvalue weighted by atomic mass is 19.4. The van der Waals surface area contributed by atoms with Gasteiger partial charge in [-0.1, -0.05) is 12.1 Å². The molecule has 0 saturated heterocycles. The fourth-order valence-corrected chi connectivity index (χ4v) is 3.55. The van der Waals surface area contributed by atoms with Gasteiger partial charge in [-0.2, -0.15) is 26.3 Å². The number of carbonyl (C=O) groups excluding carboxylic acids is 1. The summed E-state index contributed by atoms with van der Waals surface area (Å²) in [6, 6.07) is 15.0. The summed E-state index contributed by atoms with van der Waals surface area (Å²) in [7, 11) is 4.08. The summed E-state index contributed by atoms with van der Waals surface area (Å²) < 4.78 is 98.8. The smallest absolute Gasteiger partial charge is 0.475 e. The number of rotatable bonds is 10. The van der Waals surface area contributed by atoms with E-state index in [-0.39, 0.29) is 11.5 Å². The quantitative estimate of drug-likeness (QED) is 0.126. The number of amides is 1. The second-order valence-corrected chi connectivity index (χ2v) is 9.92. The van der Waals surface area contributed by atoms with Crippen molar-refractivity contribution in [2.45, 2.75) is 31.6 Å². The molecule has 0 spiro atoms. The molecule has 268 valence electrons. The molecule has 1 aliphatic rings. The van der Waals surface area contributed by atoms with Crippen LogP contribution in [0.3, 0.4) is 0 Å². The van der Waals surface area contributed by atoms with Crippen LogP contribution >= 0.6 is 0 Å². The van der Waals surface area contributed by atoms with E-state index in [0.717, 1.165) is 30.9 Å². The number of carboxylic acid groups (broad SMARTS) is 2. The number of carboxylic acids is 2. The van der Waals surface area contributed by atoms with E-state index in [9.17, 15) is 39.9 Å². The fourth-order valence-electron chi connectivity index (χ4n) is 3.55. The highest BCUT2D eigenvalue weighted by Crippen LogP contribution is 2.42. The van der Waals surface area contributed by atoms with Crippen LogP contribution in [0.4, 0.5) is 52.3 Å². The number of benzene rings is 2. The number of alkyl halides is 8. The third-order valence-electron chi connectivity index (χ3n) is 5.71. The summed E-state index contributed by atoms with van der Waals surface area (Å²) in [6.07, 6.45) is -11.1. The number of anilines is 3. The molecule has 0 atom stereocenters. The van der Waals surface area contributed by atoms with Gasteiger partial charge < -0.3 is 40.5 Å². The Morgan fingerprint density at radius 1 is 0.857 bits per heavy atom. The minimum atomic E-state index is -5.08. The first-order valence-corrected chi connectivity index (χ1v) is 13.7. The Balaban J connectivity index is 0.000000500. The van der Waals surface area contributed by atoms with E-state index in [1.165, 1.54) is 18.2 Å². The molecule has 0 bridgehead atoms. The Kier molecular flexibility index (Phi) is 13.9. The van der Waals surface area contributed by atoms with E-state index in [2.05, 4.69) is 35.3 Å². The standard InChI is InChI=1S/C25H27F2N5O3.2C2HF3O2/c1-32(2)13-5-11-28-23-14-17(10-12-29-23)16-30-20-7-4-3-6-19(20)24(33)31-18-8-9-21-22(15-18)35-25(26,27)34-21;2*3-2(4,5)1(6)7/h3-4,6-10,12,14-15,30H,5,11,13,16H2,1-2H3,(H,28,29)(H,31,33);2*(H,6,7). The lowest BCUT2D eigenvalue weighted by atomic mass is 10.1. The molecule has 2 heterocycles. The molecule has 1 aliphatic heterocycles. The zero-order valence-corrected chi connectivity index (χ0v) is 25.5. The van der Waals surface area contributed by atoms with E-state index >= 15 is 0 Å². The van der Waals surface area contributed by atoms with Gasteiger partial charge in [-0.15, -0.1) is 8.78 Å². The number of halogens is 8. The van der Waals surface area contributed by atoms with Gasteiger partial charge in [-0.05, 0) is 69.0 Å². The molecule has 1 amide bonds. The van der Waals surface area contributed by atoms with E-state index in [1.54, 1.807) is 24.4 Å². The maximum atomic E-state index is 13.3. The van der Waals surface area contributed by atoms with Crippen molar-refractivity contribution in [3.63, 3.8) is 0 Å². The Labute approximate surface area is 272 Å². The first kappa shape index (κ1) is 39.8. The number of nitrogens with one attached hydrogen (secondary N) is 3. The van der Waals surface area contributed by atoms with Crippen molar-refractivity contribution in [3.8, 4) is 11.5 Å². The Hall–Kier alpha value is -5.40. The van der Waals surface area contributed by atoms with Crippen LogP contribution in [0, 0.1) is 0 Å². The highest BCUT2D eigenvalue weighted by Gasteiger charge is 2.43. The Morgan fingerprint density at radius 2 is 1.45 bits per heavy atom. The van der Waals surface area contributed by atoms with E-state index in [4.69, 9.17) is 19.8 Å². The SMILES string of the molecule is CN(C)CCCNc1cc(CNc2ccccc2C(=O)Nc2ccc3c(c2)OC(F)(F)O3)ccn1.O=C(O)C(F)(F)F.O=C(O)C(F)(F)F. The molecule has 0 aliphatic carbocycles. The monoisotopic (exact) mass is 711 g/mol. The second-order valence-electron chi connectivity index (χ2n) is 9.92. The lowest BCUT2D eigenvalue weighted by Crippen LogP contribution is -2.25. The summed E-state index contributed by atoms with van der Waals surface area (Å²) in [5.41, 5.74) is 2.35. The fraction of sp³-hybridized carbons (Fsp3) is 0.310. The molecule has 12 nitrogen and oxygen atoms in total. The summed E-state index contributed by atoms with van der Waals surface area (Å²) in [6.45, 7) is 2.30. The van der Waals surface area contributed by atoms with Gasteiger partial charge in [0.1, 0.15) is 5.82 Å². The maximum absolute atomic E-state index is 13.3. The van der Waals surface area contributed by atoms with Crippen LogP contribution < -0.4 is 25.4 Å². The maximum Gasteiger partial charge on any atom is 0.586 e. The molecule has 0 saturated carbocycles. The topological polar surface area (TPSA) is 162 Å².